The highest BCUT2D eigenvalue weighted by atomic mass is 19.1. The van der Waals surface area contributed by atoms with E-state index in [9.17, 15) is 4.39 Å². The van der Waals surface area contributed by atoms with Crippen molar-refractivity contribution in [2.45, 2.75) is 6.92 Å². The second-order valence-electron chi connectivity index (χ2n) is 4.03. The first-order valence-electron chi connectivity index (χ1n) is 6.52. The summed E-state index contributed by atoms with van der Waals surface area (Å²) in [5.41, 5.74) is 0. The first-order valence-corrected chi connectivity index (χ1v) is 6.52. The van der Waals surface area contributed by atoms with Gasteiger partial charge in [0.2, 0.25) is 0 Å². The van der Waals surface area contributed by atoms with Gasteiger partial charge < -0.3 is 14.2 Å². The molecule has 2 aromatic carbocycles. The maximum Gasteiger partial charge on any atom is 0.161 e. The molecule has 0 aliphatic carbocycles. The highest BCUT2D eigenvalue weighted by Gasteiger charge is 2.03. The molecule has 0 spiro atoms. The lowest BCUT2D eigenvalue weighted by Gasteiger charge is -2.12. The molecule has 4 heteroatoms. The molecule has 0 amide bonds. The van der Waals surface area contributed by atoms with Gasteiger partial charge in [-0.3, -0.25) is 0 Å². The van der Waals surface area contributed by atoms with Gasteiger partial charge in [0.15, 0.2) is 11.5 Å². The molecule has 3 nitrogen and oxygen atoms in total. The van der Waals surface area contributed by atoms with Crippen LogP contribution in [0.15, 0.2) is 48.5 Å². The average molecular weight is 276 g/mol. The summed E-state index contributed by atoms with van der Waals surface area (Å²) in [5.74, 6) is 1.56. The van der Waals surface area contributed by atoms with Gasteiger partial charge in [0, 0.05) is 6.07 Å². The van der Waals surface area contributed by atoms with Crippen LogP contribution in [0.1, 0.15) is 6.92 Å². The van der Waals surface area contributed by atoms with E-state index in [0.29, 0.717) is 37.1 Å². The molecular weight excluding hydrogens is 259 g/mol. The normalized spacial score (nSPS) is 10.1. The molecule has 0 unspecified atom stereocenters. The number of ether oxygens (including phenoxy) is 3. The van der Waals surface area contributed by atoms with Crippen molar-refractivity contribution < 1.29 is 18.6 Å². The third-order valence-corrected chi connectivity index (χ3v) is 2.55. The van der Waals surface area contributed by atoms with Gasteiger partial charge in [-0.15, -0.1) is 0 Å². The summed E-state index contributed by atoms with van der Waals surface area (Å²) in [6.45, 7) is 3.20. The van der Waals surface area contributed by atoms with Crippen LogP contribution < -0.4 is 14.2 Å². The van der Waals surface area contributed by atoms with Gasteiger partial charge in [0.05, 0.1) is 6.61 Å². The van der Waals surface area contributed by atoms with Crippen LogP contribution in [-0.4, -0.2) is 19.8 Å². The van der Waals surface area contributed by atoms with Crippen molar-refractivity contribution in [3.63, 3.8) is 0 Å². The lowest BCUT2D eigenvalue weighted by molar-refractivity contribution is 0.208. The van der Waals surface area contributed by atoms with E-state index in [-0.39, 0.29) is 5.82 Å². The van der Waals surface area contributed by atoms with E-state index >= 15 is 0 Å². The van der Waals surface area contributed by atoms with Gasteiger partial charge in [-0.1, -0.05) is 18.2 Å². The van der Waals surface area contributed by atoms with Gasteiger partial charge in [-0.2, -0.15) is 0 Å². The molecule has 0 heterocycles. The molecule has 0 saturated carbocycles. The number of halogens is 1. The molecule has 2 rings (SSSR count). The van der Waals surface area contributed by atoms with E-state index in [1.807, 2.05) is 31.2 Å². The highest BCUT2D eigenvalue weighted by Crippen LogP contribution is 2.26. The van der Waals surface area contributed by atoms with E-state index in [1.54, 1.807) is 12.1 Å². The molecule has 106 valence electrons. The Hall–Kier alpha value is -2.23. The summed E-state index contributed by atoms with van der Waals surface area (Å²) in [7, 11) is 0. The van der Waals surface area contributed by atoms with Crippen molar-refractivity contribution in [3.8, 4) is 17.2 Å². The van der Waals surface area contributed by atoms with Gasteiger partial charge in [0.25, 0.3) is 0 Å². The lowest BCUT2D eigenvalue weighted by Crippen LogP contribution is -2.09. The Morgan fingerprint density at radius 1 is 0.850 bits per heavy atom. The summed E-state index contributed by atoms with van der Waals surface area (Å²) in [6, 6.07) is 13.5. The molecule has 0 aromatic heterocycles. The third-order valence-electron chi connectivity index (χ3n) is 2.55. The fourth-order valence-corrected chi connectivity index (χ4v) is 1.71. The summed E-state index contributed by atoms with van der Waals surface area (Å²) < 4.78 is 29.4. The molecule has 0 N–H and O–H groups in total. The maximum absolute atomic E-state index is 13.0. The van der Waals surface area contributed by atoms with Crippen LogP contribution in [0.4, 0.5) is 4.39 Å². The Morgan fingerprint density at radius 2 is 1.55 bits per heavy atom. The average Bonchev–Trinajstić information content (AvgIpc) is 2.46. The van der Waals surface area contributed by atoms with E-state index in [1.165, 1.54) is 12.1 Å². The van der Waals surface area contributed by atoms with Crippen LogP contribution in [0, 0.1) is 5.82 Å². The largest absolute Gasteiger partial charge is 0.490 e. The SMILES string of the molecule is CCOc1ccccc1OCCOc1cccc(F)c1. The number of para-hydroxylation sites is 2. The van der Waals surface area contributed by atoms with Crippen LogP contribution in [0.5, 0.6) is 17.2 Å². The summed E-state index contributed by atoms with van der Waals surface area (Å²) in [5, 5.41) is 0. The van der Waals surface area contributed by atoms with Crippen LogP contribution >= 0.6 is 0 Å². The first-order chi connectivity index (χ1) is 9.79. The van der Waals surface area contributed by atoms with Crippen LogP contribution in [0.2, 0.25) is 0 Å². The number of benzene rings is 2. The van der Waals surface area contributed by atoms with Gasteiger partial charge >= 0.3 is 0 Å². The van der Waals surface area contributed by atoms with Crippen molar-refractivity contribution in [1.29, 1.82) is 0 Å². The molecule has 0 aliphatic rings. The molecule has 0 saturated heterocycles. The number of hydrogen-bond acceptors (Lipinski definition) is 3. The van der Waals surface area contributed by atoms with E-state index in [0.717, 1.165) is 0 Å². The zero-order chi connectivity index (χ0) is 14.2. The highest BCUT2D eigenvalue weighted by molar-refractivity contribution is 5.39. The summed E-state index contributed by atoms with van der Waals surface area (Å²) in [6.07, 6.45) is 0. The fourth-order valence-electron chi connectivity index (χ4n) is 1.71. The van der Waals surface area contributed by atoms with Gasteiger partial charge in [-0.25, -0.2) is 4.39 Å². The molecule has 2 aromatic rings. The molecule has 0 atom stereocenters. The molecule has 20 heavy (non-hydrogen) atoms. The first kappa shape index (κ1) is 14.2. The Morgan fingerprint density at radius 3 is 2.25 bits per heavy atom. The Bertz CT molecular complexity index is 543. The van der Waals surface area contributed by atoms with Gasteiger partial charge in [0.1, 0.15) is 24.8 Å². The quantitative estimate of drug-likeness (QED) is 0.722. The standard InChI is InChI=1S/C16H17FO3/c1-2-18-15-8-3-4-9-16(15)20-11-10-19-14-7-5-6-13(17)12-14/h3-9,12H,2,10-11H2,1H3. The number of rotatable bonds is 7. The molecule has 0 aliphatic heterocycles. The van der Waals surface area contributed by atoms with Crippen molar-refractivity contribution in [3.05, 3.63) is 54.3 Å². The summed E-state index contributed by atoms with van der Waals surface area (Å²) >= 11 is 0. The molecule has 0 radical (unpaired) electrons. The minimum atomic E-state index is -0.315. The monoisotopic (exact) mass is 276 g/mol. The zero-order valence-corrected chi connectivity index (χ0v) is 11.3. The van der Waals surface area contributed by atoms with Gasteiger partial charge in [-0.05, 0) is 31.2 Å². The third kappa shape index (κ3) is 4.16. The Labute approximate surface area is 117 Å². The van der Waals surface area contributed by atoms with Crippen LogP contribution in [-0.2, 0) is 0 Å². The van der Waals surface area contributed by atoms with Crippen molar-refractivity contribution in [2.75, 3.05) is 19.8 Å². The second-order valence-corrected chi connectivity index (χ2v) is 4.03. The van der Waals surface area contributed by atoms with Crippen molar-refractivity contribution in [1.82, 2.24) is 0 Å². The lowest BCUT2D eigenvalue weighted by atomic mass is 10.3. The molecular formula is C16H17FO3. The Kier molecular flexibility index (Phi) is 5.24. The topological polar surface area (TPSA) is 27.7 Å². The maximum atomic E-state index is 13.0. The van der Waals surface area contributed by atoms with Crippen molar-refractivity contribution in [2.24, 2.45) is 0 Å². The predicted octanol–water partition coefficient (Wildman–Crippen LogP) is 3.68. The predicted molar refractivity (Wildman–Crippen MR) is 75.0 cm³/mol. The minimum Gasteiger partial charge on any atom is -0.490 e. The van der Waals surface area contributed by atoms with Crippen molar-refractivity contribution >= 4 is 0 Å². The Balaban J connectivity index is 1.81. The minimum absolute atomic E-state index is 0.315. The van der Waals surface area contributed by atoms with Crippen LogP contribution in [0.25, 0.3) is 0 Å². The second kappa shape index (κ2) is 7.38. The fraction of sp³-hybridized carbons (Fsp3) is 0.250. The van der Waals surface area contributed by atoms with Crippen LogP contribution in [0.3, 0.4) is 0 Å². The smallest absolute Gasteiger partial charge is 0.161 e. The zero-order valence-electron chi connectivity index (χ0n) is 11.3. The molecule has 0 bridgehead atoms. The number of hydrogen-bond donors (Lipinski definition) is 0. The van der Waals surface area contributed by atoms with E-state index < -0.39 is 0 Å². The summed E-state index contributed by atoms with van der Waals surface area (Å²) in [4.78, 5) is 0. The van der Waals surface area contributed by atoms with E-state index in [4.69, 9.17) is 14.2 Å². The van der Waals surface area contributed by atoms with E-state index in [2.05, 4.69) is 0 Å². The molecule has 0 fully saturated rings.